The minimum Gasteiger partial charge on any atom is -0.505 e. The molecule has 1 rings (SSSR count). The first-order valence-corrected chi connectivity index (χ1v) is 5.26. The Kier molecular flexibility index (Phi) is 3.35. The number of aliphatic hydroxyl groups excluding tert-OH is 1. The summed E-state index contributed by atoms with van der Waals surface area (Å²) in [5.41, 5.74) is 1.61. The van der Waals surface area contributed by atoms with Crippen LogP contribution in [0.25, 0.3) is 0 Å². The van der Waals surface area contributed by atoms with E-state index in [0.29, 0.717) is 0 Å². The van der Waals surface area contributed by atoms with Crippen LogP contribution in [0.5, 0.6) is 0 Å². The Morgan fingerprint density at radius 2 is 1.43 bits per heavy atom. The molecular formula is C12H19FO. The molecule has 1 N–H and O–H groups in total. The third kappa shape index (κ3) is 1.99. The Balaban J connectivity index is 3.07. The van der Waals surface area contributed by atoms with Crippen molar-refractivity contribution in [2.45, 2.75) is 40.5 Å². The number of halogens is 1. The highest BCUT2D eigenvalue weighted by molar-refractivity contribution is 5.35. The van der Waals surface area contributed by atoms with E-state index < -0.39 is 0 Å². The van der Waals surface area contributed by atoms with Gasteiger partial charge in [0, 0.05) is 0 Å². The average molecular weight is 198 g/mol. The van der Waals surface area contributed by atoms with Crippen molar-refractivity contribution in [2.24, 2.45) is 11.8 Å². The third-order valence-electron chi connectivity index (χ3n) is 2.85. The minimum atomic E-state index is -0.380. The fourth-order valence-corrected chi connectivity index (χ4v) is 1.89. The van der Waals surface area contributed by atoms with Gasteiger partial charge in [0.05, 0.1) is 0 Å². The molecule has 0 amide bonds. The summed E-state index contributed by atoms with van der Waals surface area (Å²) in [7, 11) is 0. The predicted molar refractivity (Wildman–Crippen MR) is 56.7 cm³/mol. The first-order valence-electron chi connectivity index (χ1n) is 5.26. The average Bonchev–Trinajstić information content (AvgIpc) is 2.08. The van der Waals surface area contributed by atoms with E-state index in [4.69, 9.17) is 0 Å². The standard InChI is InChI=1S/C12H19FO/c1-7(2)9-5-6-10(8(3)4)12(14)11(9)13/h7-8,14H,5-6H2,1-4H3. The third-order valence-corrected chi connectivity index (χ3v) is 2.85. The quantitative estimate of drug-likeness (QED) is 0.707. The van der Waals surface area contributed by atoms with Crippen LogP contribution in [0, 0.1) is 11.8 Å². The lowest BCUT2D eigenvalue weighted by Crippen LogP contribution is -2.10. The van der Waals surface area contributed by atoms with Gasteiger partial charge in [-0.3, -0.25) is 0 Å². The predicted octanol–water partition coefficient (Wildman–Crippen LogP) is 4.13. The molecule has 0 bridgehead atoms. The van der Waals surface area contributed by atoms with Gasteiger partial charge in [-0.25, -0.2) is 4.39 Å². The molecule has 80 valence electrons. The second-order valence-electron chi connectivity index (χ2n) is 4.52. The number of allylic oxidation sites excluding steroid dienone is 3. The molecule has 0 aromatic heterocycles. The molecule has 0 fully saturated rings. The van der Waals surface area contributed by atoms with Gasteiger partial charge in [0.1, 0.15) is 0 Å². The largest absolute Gasteiger partial charge is 0.505 e. The summed E-state index contributed by atoms with van der Waals surface area (Å²) >= 11 is 0. The van der Waals surface area contributed by atoms with Crippen molar-refractivity contribution in [3.8, 4) is 0 Å². The molecule has 14 heavy (non-hydrogen) atoms. The molecule has 0 heterocycles. The summed E-state index contributed by atoms with van der Waals surface area (Å²) < 4.78 is 13.7. The van der Waals surface area contributed by atoms with Crippen molar-refractivity contribution < 1.29 is 9.50 Å². The molecule has 0 radical (unpaired) electrons. The lowest BCUT2D eigenvalue weighted by molar-refractivity contribution is 0.355. The van der Waals surface area contributed by atoms with Crippen molar-refractivity contribution in [1.29, 1.82) is 0 Å². The van der Waals surface area contributed by atoms with Crippen molar-refractivity contribution in [1.82, 2.24) is 0 Å². The van der Waals surface area contributed by atoms with Gasteiger partial charge in [0.25, 0.3) is 0 Å². The molecule has 0 saturated heterocycles. The number of rotatable bonds is 2. The molecule has 0 unspecified atom stereocenters. The molecule has 2 heteroatoms. The highest BCUT2D eigenvalue weighted by Crippen LogP contribution is 2.36. The fourth-order valence-electron chi connectivity index (χ4n) is 1.89. The topological polar surface area (TPSA) is 20.2 Å². The van der Waals surface area contributed by atoms with Crippen LogP contribution >= 0.6 is 0 Å². The Morgan fingerprint density at radius 1 is 1.00 bits per heavy atom. The van der Waals surface area contributed by atoms with Crippen molar-refractivity contribution in [3.63, 3.8) is 0 Å². The SMILES string of the molecule is CC(C)C1=C(O)C(F)=C(C(C)C)CC1. The molecule has 1 aliphatic rings. The van der Waals surface area contributed by atoms with E-state index in [2.05, 4.69) is 0 Å². The Hall–Kier alpha value is -0.790. The van der Waals surface area contributed by atoms with Crippen molar-refractivity contribution in [2.75, 3.05) is 0 Å². The fraction of sp³-hybridized carbons (Fsp3) is 0.667. The van der Waals surface area contributed by atoms with Gasteiger partial charge in [0.15, 0.2) is 11.6 Å². The van der Waals surface area contributed by atoms with Crippen molar-refractivity contribution >= 4 is 0 Å². The zero-order valence-electron chi connectivity index (χ0n) is 9.39. The van der Waals surface area contributed by atoms with E-state index >= 15 is 0 Å². The lowest BCUT2D eigenvalue weighted by Gasteiger charge is -2.23. The number of aliphatic hydroxyl groups is 1. The van der Waals surface area contributed by atoms with E-state index in [1.54, 1.807) is 0 Å². The Labute approximate surface area is 85.3 Å². The van der Waals surface area contributed by atoms with Gasteiger partial charge in [-0.05, 0) is 35.8 Å². The summed E-state index contributed by atoms with van der Waals surface area (Å²) in [6, 6.07) is 0. The van der Waals surface area contributed by atoms with E-state index in [1.807, 2.05) is 27.7 Å². The van der Waals surface area contributed by atoms with Crippen LogP contribution in [0.1, 0.15) is 40.5 Å². The Morgan fingerprint density at radius 3 is 1.86 bits per heavy atom. The molecule has 0 saturated carbocycles. The zero-order chi connectivity index (χ0) is 10.9. The molecule has 0 aliphatic heterocycles. The van der Waals surface area contributed by atoms with Crippen LogP contribution in [-0.4, -0.2) is 5.11 Å². The van der Waals surface area contributed by atoms with Crippen LogP contribution in [-0.2, 0) is 0 Å². The molecule has 1 nitrogen and oxygen atoms in total. The Bertz CT molecular complexity index is 255. The highest BCUT2D eigenvalue weighted by Gasteiger charge is 2.24. The van der Waals surface area contributed by atoms with Crippen LogP contribution in [0.15, 0.2) is 22.7 Å². The summed E-state index contributed by atoms with van der Waals surface area (Å²) in [6.45, 7) is 7.89. The molecule has 0 aromatic carbocycles. The number of hydrogen-bond acceptors (Lipinski definition) is 1. The van der Waals surface area contributed by atoms with Gasteiger partial charge in [-0.1, -0.05) is 27.7 Å². The molecular weight excluding hydrogens is 179 g/mol. The smallest absolute Gasteiger partial charge is 0.164 e. The first kappa shape index (κ1) is 11.3. The summed E-state index contributed by atoms with van der Waals surface area (Å²) in [4.78, 5) is 0. The molecule has 0 atom stereocenters. The van der Waals surface area contributed by atoms with Crippen LogP contribution < -0.4 is 0 Å². The maximum absolute atomic E-state index is 13.7. The molecule has 0 spiro atoms. The van der Waals surface area contributed by atoms with Crippen LogP contribution in [0.4, 0.5) is 4.39 Å². The summed E-state index contributed by atoms with van der Waals surface area (Å²) in [6.07, 6.45) is 1.55. The summed E-state index contributed by atoms with van der Waals surface area (Å²) in [5, 5.41) is 9.67. The van der Waals surface area contributed by atoms with Gasteiger partial charge in [-0.15, -0.1) is 0 Å². The van der Waals surface area contributed by atoms with Gasteiger partial charge in [-0.2, -0.15) is 0 Å². The van der Waals surface area contributed by atoms with E-state index in [-0.39, 0.29) is 23.4 Å². The zero-order valence-corrected chi connectivity index (χ0v) is 9.39. The monoisotopic (exact) mass is 198 g/mol. The minimum absolute atomic E-state index is 0.102. The van der Waals surface area contributed by atoms with Crippen molar-refractivity contribution in [3.05, 3.63) is 22.7 Å². The van der Waals surface area contributed by atoms with Gasteiger partial charge >= 0.3 is 0 Å². The second-order valence-corrected chi connectivity index (χ2v) is 4.52. The summed E-state index contributed by atoms with van der Waals surface area (Å²) in [5.74, 6) is -0.0646. The van der Waals surface area contributed by atoms with E-state index in [9.17, 15) is 9.50 Å². The normalized spacial score (nSPS) is 18.8. The molecule has 1 aliphatic carbocycles. The number of hydrogen-bond donors (Lipinski definition) is 1. The lowest BCUT2D eigenvalue weighted by atomic mass is 9.85. The van der Waals surface area contributed by atoms with Gasteiger partial charge in [0.2, 0.25) is 0 Å². The maximum atomic E-state index is 13.7. The highest BCUT2D eigenvalue weighted by atomic mass is 19.1. The first-order chi connectivity index (χ1) is 6.45. The van der Waals surface area contributed by atoms with Gasteiger partial charge < -0.3 is 5.11 Å². The van der Waals surface area contributed by atoms with E-state index in [0.717, 1.165) is 24.0 Å². The second kappa shape index (κ2) is 4.16. The van der Waals surface area contributed by atoms with Crippen LogP contribution in [0.2, 0.25) is 0 Å². The maximum Gasteiger partial charge on any atom is 0.164 e. The van der Waals surface area contributed by atoms with E-state index in [1.165, 1.54) is 0 Å². The van der Waals surface area contributed by atoms with Crippen LogP contribution in [0.3, 0.4) is 0 Å². The molecule has 0 aromatic rings.